The number of fused-ring (bicyclic) bond motifs is 2. The number of β-lactam (4-membered cyclic amide) rings is 1. The molecule has 4 amide bonds. The summed E-state index contributed by atoms with van der Waals surface area (Å²) in [7, 11) is 3.17. The van der Waals surface area contributed by atoms with E-state index >= 15 is 4.39 Å². The van der Waals surface area contributed by atoms with Gasteiger partial charge in [-0.2, -0.15) is 0 Å². The zero-order chi connectivity index (χ0) is 45.0. The predicted octanol–water partition coefficient (Wildman–Crippen LogP) is 5.71. The smallest absolute Gasteiger partial charge is 0.262 e. The number of carbonyl (C=O) groups is 4. The minimum absolute atomic E-state index is 0.132. The van der Waals surface area contributed by atoms with Crippen molar-refractivity contribution in [2.24, 2.45) is 11.8 Å². The van der Waals surface area contributed by atoms with Gasteiger partial charge in [-0.1, -0.05) is 13.0 Å². The van der Waals surface area contributed by atoms with Gasteiger partial charge in [0.2, 0.25) is 11.8 Å². The highest BCUT2D eigenvalue weighted by molar-refractivity contribution is 6.13. The summed E-state index contributed by atoms with van der Waals surface area (Å²) < 4.78 is 28.3. The van der Waals surface area contributed by atoms with E-state index in [1.54, 1.807) is 30.1 Å². The molecule has 65 heavy (non-hydrogen) atoms. The van der Waals surface area contributed by atoms with Crippen LogP contribution in [-0.4, -0.2) is 135 Å². The van der Waals surface area contributed by atoms with Crippen LogP contribution < -0.4 is 24.8 Å². The molecule has 1 aromatic heterocycles. The Kier molecular flexibility index (Phi) is 11.8. The molecule has 7 heterocycles. The van der Waals surface area contributed by atoms with Crippen LogP contribution in [0.25, 0.3) is 10.9 Å². The molecule has 15 heteroatoms. The second-order valence-electron chi connectivity index (χ2n) is 19.0. The molecule has 2 N–H and O–H groups in total. The Morgan fingerprint density at radius 2 is 1.48 bits per heavy atom. The van der Waals surface area contributed by atoms with Crippen molar-refractivity contribution in [1.29, 1.82) is 0 Å². The Balaban J connectivity index is 0.694. The average Bonchev–Trinajstić information content (AvgIpc) is 3.94. The molecule has 0 radical (unpaired) electrons. The minimum atomic E-state index is -1.13. The fraction of sp³-hybridized carbons (Fsp3) is 0.520. The first-order valence-electron chi connectivity index (χ1n) is 23.6. The number of nitrogens with one attached hydrogen (secondary N) is 2. The van der Waals surface area contributed by atoms with Gasteiger partial charge < -0.3 is 39.0 Å². The van der Waals surface area contributed by atoms with E-state index in [4.69, 9.17) is 9.47 Å². The number of hydrogen-bond donors (Lipinski definition) is 2. The highest BCUT2D eigenvalue weighted by Crippen LogP contribution is 2.54. The predicted molar refractivity (Wildman–Crippen MR) is 247 cm³/mol. The van der Waals surface area contributed by atoms with Gasteiger partial charge in [-0.3, -0.25) is 29.4 Å². The SMILES string of the molecule is CC[C@@]1(OC)C(=O)N(c2cccc3[nH]ccc23)[C@H]1c1cc(F)c(N2CCC(CN3CCN(CC4CCN(c5ccc6c(c5)CN([C@H]5CCC(=O)NC5=O)C6=O)CC4)CC3)CC2)cc1OC. The molecule has 344 valence electrons. The van der Waals surface area contributed by atoms with E-state index in [0.29, 0.717) is 53.8 Å². The van der Waals surface area contributed by atoms with Crippen LogP contribution in [0.1, 0.15) is 79.4 Å². The van der Waals surface area contributed by atoms with Crippen LogP contribution in [0.2, 0.25) is 0 Å². The van der Waals surface area contributed by atoms with Crippen LogP contribution in [0.5, 0.6) is 5.75 Å². The lowest BCUT2D eigenvalue weighted by atomic mass is 9.74. The topological polar surface area (TPSA) is 134 Å². The van der Waals surface area contributed by atoms with E-state index in [1.807, 2.05) is 55.6 Å². The maximum Gasteiger partial charge on any atom is 0.262 e. The number of nitrogens with zero attached hydrogens (tertiary/aromatic N) is 6. The number of piperidine rings is 3. The molecule has 0 unspecified atom stereocenters. The first-order chi connectivity index (χ1) is 31.6. The molecule has 0 spiro atoms. The van der Waals surface area contributed by atoms with E-state index in [9.17, 15) is 19.2 Å². The number of hydrogen-bond acceptors (Lipinski definition) is 10. The van der Waals surface area contributed by atoms with Crippen LogP contribution in [-0.2, 0) is 25.7 Å². The van der Waals surface area contributed by atoms with Gasteiger partial charge in [0.05, 0.1) is 18.5 Å². The summed E-state index contributed by atoms with van der Waals surface area (Å²) >= 11 is 0. The van der Waals surface area contributed by atoms with Crippen LogP contribution in [0.3, 0.4) is 0 Å². The Morgan fingerprint density at radius 3 is 2.12 bits per heavy atom. The van der Waals surface area contributed by atoms with Gasteiger partial charge in [0, 0.05) is 126 Å². The number of halogens is 1. The number of amides is 4. The van der Waals surface area contributed by atoms with Crippen molar-refractivity contribution in [3.63, 3.8) is 0 Å². The van der Waals surface area contributed by atoms with E-state index < -0.39 is 17.7 Å². The summed E-state index contributed by atoms with van der Waals surface area (Å²) in [5.74, 6) is 0.503. The van der Waals surface area contributed by atoms with Crippen molar-refractivity contribution >= 4 is 51.6 Å². The summed E-state index contributed by atoms with van der Waals surface area (Å²) in [6.07, 6.45) is 7.16. The fourth-order valence-corrected chi connectivity index (χ4v) is 11.7. The van der Waals surface area contributed by atoms with E-state index in [0.717, 1.165) is 119 Å². The lowest BCUT2D eigenvalue weighted by molar-refractivity contribution is -0.160. The third kappa shape index (κ3) is 7.82. The third-order valence-electron chi connectivity index (χ3n) is 15.5. The Bertz CT molecular complexity index is 2470. The van der Waals surface area contributed by atoms with E-state index in [-0.39, 0.29) is 35.9 Å². The molecule has 5 fully saturated rings. The molecule has 0 bridgehead atoms. The zero-order valence-corrected chi connectivity index (χ0v) is 37.8. The quantitative estimate of drug-likeness (QED) is 0.135. The number of benzene rings is 3. The van der Waals surface area contributed by atoms with Crippen molar-refractivity contribution in [2.45, 2.75) is 76.1 Å². The second-order valence-corrected chi connectivity index (χ2v) is 19.0. The average molecular weight is 889 g/mol. The summed E-state index contributed by atoms with van der Waals surface area (Å²) in [4.78, 5) is 67.7. The molecule has 10 rings (SSSR count). The Morgan fingerprint density at radius 1 is 0.785 bits per heavy atom. The summed E-state index contributed by atoms with van der Waals surface area (Å²) in [5, 5.41) is 3.30. The molecule has 3 aromatic carbocycles. The standard InChI is InChI=1S/C50H61FN8O6/c1-4-50(65-3)46(59(49(50)63)41-7-5-6-40-37(41)12-17-52-40)38-27-39(51)43(28-44(38)64-2)57-20-15-33(16-21-57)30-55-24-22-54(23-25-55)29-32-13-18-56(19-14-32)35-8-9-36-34(26-35)31-58(48(36)62)42-10-11-45(60)53-47(42)61/h5-9,12,17,26-28,32-33,42,46,52H,4,10-11,13-16,18-25,29-31H2,1-3H3,(H,53,60,61)/t42-,46-,50-/m0/s1. The molecule has 14 nitrogen and oxygen atoms in total. The normalized spacial score (nSPS) is 25.1. The van der Waals surface area contributed by atoms with Gasteiger partial charge in [0.25, 0.3) is 11.8 Å². The first-order valence-corrected chi connectivity index (χ1v) is 23.6. The van der Waals surface area contributed by atoms with Crippen LogP contribution in [0.15, 0.2) is 60.8 Å². The fourth-order valence-electron chi connectivity index (χ4n) is 11.7. The second kappa shape index (κ2) is 17.7. The molecule has 6 aliphatic heterocycles. The van der Waals surface area contributed by atoms with Crippen molar-refractivity contribution < 1.29 is 33.0 Å². The molecular weight excluding hydrogens is 828 g/mol. The van der Waals surface area contributed by atoms with Crippen LogP contribution in [0.4, 0.5) is 21.5 Å². The van der Waals surface area contributed by atoms with Gasteiger partial charge in [-0.15, -0.1) is 0 Å². The number of ether oxygens (including phenoxy) is 2. The Labute approximate surface area is 379 Å². The number of rotatable bonds is 12. The number of anilines is 3. The van der Waals surface area contributed by atoms with E-state index in [2.05, 4.69) is 36.0 Å². The zero-order valence-electron chi connectivity index (χ0n) is 37.8. The summed E-state index contributed by atoms with van der Waals surface area (Å²) in [5.41, 5.74) is 4.41. The largest absolute Gasteiger partial charge is 0.496 e. The third-order valence-corrected chi connectivity index (χ3v) is 15.5. The molecular formula is C50H61FN8O6. The van der Waals surface area contributed by atoms with E-state index in [1.165, 1.54) is 0 Å². The molecule has 4 aromatic rings. The van der Waals surface area contributed by atoms with Crippen LogP contribution >= 0.6 is 0 Å². The number of aromatic nitrogens is 1. The number of H-pyrrole nitrogens is 1. The maximum atomic E-state index is 16.4. The number of imide groups is 1. The molecule has 0 aliphatic carbocycles. The maximum absolute atomic E-state index is 16.4. The Hall–Kier alpha value is -5.51. The first kappa shape index (κ1) is 43.4. The number of methoxy groups -OCH3 is 2. The number of aromatic amines is 1. The van der Waals surface area contributed by atoms with Gasteiger partial charge in [-0.05, 0) is 98.4 Å². The lowest BCUT2D eigenvalue weighted by Gasteiger charge is -2.55. The number of carbonyl (C=O) groups excluding carboxylic acids is 4. The van der Waals surface area contributed by atoms with Crippen molar-refractivity contribution in [2.75, 3.05) is 94.4 Å². The minimum Gasteiger partial charge on any atom is -0.496 e. The van der Waals surface area contributed by atoms with Gasteiger partial charge in [0.1, 0.15) is 23.7 Å². The summed E-state index contributed by atoms with van der Waals surface area (Å²) in [6, 6.07) is 16.1. The number of piperazine rings is 1. The van der Waals surface area contributed by atoms with Gasteiger partial charge in [-0.25, -0.2) is 4.39 Å². The highest BCUT2D eigenvalue weighted by Gasteiger charge is 2.62. The molecule has 6 aliphatic rings. The molecule has 0 saturated carbocycles. The van der Waals surface area contributed by atoms with Gasteiger partial charge in [0.15, 0.2) is 5.60 Å². The van der Waals surface area contributed by atoms with Crippen LogP contribution in [0, 0.1) is 17.7 Å². The monoisotopic (exact) mass is 888 g/mol. The highest BCUT2D eigenvalue weighted by atomic mass is 19.1. The van der Waals surface area contributed by atoms with Crippen molar-refractivity contribution in [3.8, 4) is 5.75 Å². The van der Waals surface area contributed by atoms with Crippen molar-refractivity contribution in [3.05, 3.63) is 83.3 Å². The summed E-state index contributed by atoms with van der Waals surface area (Å²) in [6.45, 7) is 12.3. The molecule has 3 atom stereocenters. The lowest BCUT2D eigenvalue weighted by Crippen LogP contribution is -2.69. The van der Waals surface area contributed by atoms with Gasteiger partial charge >= 0.3 is 0 Å². The van der Waals surface area contributed by atoms with Crippen molar-refractivity contribution in [1.82, 2.24) is 25.0 Å². The molecule has 5 saturated heterocycles.